The summed E-state index contributed by atoms with van der Waals surface area (Å²) < 4.78 is 14.1. The average Bonchev–Trinajstić information content (AvgIpc) is 2.92. The zero-order chi connectivity index (χ0) is 17.1. The van der Waals surface area contributed by atoms with Crippen molar-refractivity contribution in [2.45, 2.75) is 32.4 Å². The Morgan fingerprint density at radius 2 is 2.21 bits per heavy atom. The van der Waals surface area contributed by atoms with Crippen LogP contribution in [0, 0.1) is 5.82 Å². The van der Waals surface area contributed by atoms with Crippen LogP contribution in [0.5, 0.6) is 0 Å². The van der Waals surface area contributed by atoms with Gasteiger partial charge in [-0.3, -0.25) is 9.69 Å². The van der Waals surface area contributed by atoms with Crippen molar-refractivity contribution in [2.75, 3.05) is 13.1 Å². The molecular weight excluding hydrogens is 309 g/mol. The molecule has 6 heteroatoms. The molecule has 1 aromatic carbocycles. The molecule has 128 valence electrons. The van der Waals surface area contributed by atoms with Gasteiger partial charge in [0.25, 0.3) is 0 Å². The van der Waals surface area contributed by atoms with Gasteiger partial charge in [0.05, 0.1) is 11.6 Å². The summed E-state index contributed by atoms with van der Waals surface area (Å²) >= 11 is 0. The van der Waals surface area contributed by atoms with Crippen LogP contribution in [-0.4, -0.2) is 40.1 Å². The molecule has 0 aliphatic carbocycles. The number of hydrogen-bond acceptors (Lipinski definition) is 3. The van der Waals surface area contributed by atoms with Gasteiger partial charge in [0.2, 0.25) is 5.91 Å². The minimum Gasteiger partial charge on any atom is -0.393 e. The zero-order valence-electron chi connectivity index (χ0n) is 13.7. The quantitative estimate of drug-likeness (QED) is 0.806. The number of amides is 1. The van der Waals surface area contributed by atoms with Crippen molar-refractivity contribution in [3.05, 3.63) is 41.5 Å². The number of fused-ring (bicyclic) bond motifs is 1. The number of likely N-dealkylation sites (tertiary alicyclic amines) is 1. The topological polar surface area (TPSA) is 68.4 Å². The number of carbonyl (C=O) groups is 1. The monoisotopic (exact) mass is 331 g/mol. The number of aliphatic hydroxyl groups is 1. The number of rotatable bonds is 4. The third-order valence-electron chi connectivity index (χ3n) is 4.37. The van der Waals surface area contributed by atoms with Crippen LogP contribution in [0.1, 0.15) is 30.9 Å². The van der Waals surface area contributed by atoms with Gasteiger partial charge in [-0.25, -0.2) is 4.39 Å². The maximum Gasteiger partial charge on any atom is 0.220 e. The molecule has 2 aromatic rings. The summed E-state index contributed by atoms with van der Waals surface area (Å²) in [5.74, 6) is -0.423. The molecule has 5 nitrogen and oxygen atoms in total. The van der Waals surface area contributed by atoms with Crippen molar-refractivity contribution < 1.29 is 14.3 Å². The first-order valence-electron chi connectivity index (χ1n) is 8.16. The summed E-state index contributed by atoms with van der Waals surface area (Å²) in [6, 6.07) is 3.06. The molecule has 0 radical (unpaired) electrons. The highest BCUT2D eigenvalue weighted by atomic mass is 19.1. The third kappa shape index (κ3) is 3.83. The lowest BCUT2D eigenvalue weighted by molar-refractivity contribution is -0.118. The number of nitrogens with one attached hydrogen (secondary N) is 2. The van der Waals surface area contributed by atoms with Crippen LogP contribution < -0.4 is 5.32 Å². The molecule has 0 saturated carbocycles. The summed E-state index contributed by atoms with van der Waals surface area (Å²) in [5.41, 5.74) is 2.64. The molecular formula is C18H22FN3O2. The third-order valence-corrected chi connectivity index (χ3v) is 4.37. The number of aliphatic hydroxyl groups excluding tert-OH is 1. The van der Waals surface area contributed by atoms with Crippen LogP contribution in [0.25, 0.3) is 17.0 Å². The van der Waals surface area contributed by atoms with Gasteiger partial charge < -0.3 is 15.4 Å². The maximum absolute atomic E-state index is 14.1. The van der Waals surface area contributed by atoms with Crippen LogP contribution in [0.3, 0.4) is 0 Å². The van der Waals surface area contributed by atoms with E-state index in [1.54, 1.807) is 18.3 Å². The minimum absolute atomic E-state index is 0.148. The summed E-state index contributed by atoms with van der Waals surface area (Å²) in [6.45, 7) is 3.72. The van der Waals surface area contributed by atoms with Crippen LogP contribution >= 0.6 is 0 Å². The lowest BCUT2D eigenvalue weighted by atomic mass is 10.0. The van der Waals surface area contributed by atoms with E-state index >= 15 is 0 Å². The Bertz CT molecular complexity index is 761. The molecule has 1 aromatic heterocycles. The first kappa shape index (κ1) is 16.7. The van der Waals surface area contributed by atoms with Gasteiger partial charge >= 0.3 is 0 Å². The van der Waals surface area contributed by atoms with Crippen LogP contribution in [0.4, 0.5) is 4.39 Å². The Labute approximate surface area is 140 Å². The predicted molar refractivity (Wildman–Crippen MR) is 91.6 cm³/mol. The number of H-pyrrole nitrogens is 1. The minimum atomic E-state index is -0.275. The Morgan fingerprint density at radius 3 is 2.92 bits per heavy atom. The normalized spacial score (nSPS) is 17.0. The standard InChI is InChI=1S/C18H22FN3O2/c1-12(23)20-5-2-13-10-21-18-14(8-15(19)9-17(13)18)11-22-6-3-16(24)4-7-22/h2,5,8-10,16,21,24H,3-4,6-7,11H2,1H3,(H,20,23)/b5-2+. The summed E-state index contributed by atoms with van der Waals surface area (Å²) in [5, 5.41) is 13.0. The van der Waals surface area contributed by atoms with Crippen molar-refractivity contribution >= 4 is 22.9 Å². The fourth-order valence-corrected chi connectivity index (χ4v) is 3.12. The van der Waals surface area contributed by atoms with E-state index in [1.165, 1.54) is 13.0 Å². The second-order valence-corrected chi connectivity index (χ2v) is 6.27. The molecule has 0 atom stereocenters. The van der Waals surface area contributed by atoms with E-state index in [4.69, 9.17) is 0 Å². The fourth-order valence-electron chi connectivity index (χ4n) is 3.12. The van der Waals surface area contributed by atoms with Crippen LogP contribution in [0.15, 0.2) is 24.5 Å². The molecule has 3 rings (SSSR count). The Morgan fingerprint density at radius 1 is 1.46 bits per heavy atom. The van der Waals surface area contributed by atoms with E-state index in [9.17, 15) is 14.3 Å². The molecule has 1 amide bonds. The van der Waals surface area contributed by atoms with E-state index < -0.39 is 0 Å². The molecule has 0 unspecified atom stereocenters. The van der Waals surface area contributed by atoms with Crippen molar-refractivity contribution in [2.24, 2.45) is 0 Å². The van der Waals surface area contributed by atoms with Crippen molar-refractivity contribution in [3.8, 4) is 0 Å². The highest BCUT2D eigenvalue weighted by molar-refractivity contribution is 5.91. The first-order chi connectivity index (χ1) is 11.5. The largest absolute Gasteiger partial charge is 0.393 e. The van der Waals surface area contributed by atoms with Gasteiger partial charge in [-0.05, 0) is 36.6 Å². The Balaban J connectivity index is 1.85. The molecule has 2 heterocycles. The van der Waals surface area contributed by atoms with E-state index in [0.29, 0.717) is 6.54 Å². The lowest BCUT2D eigenvalue weighted by Crippen LogP contribution is -2.35. The molecule has 24 heavy (non-hydrogen) atoms. The number of nitrogens with zero attached hydrogens (tertiary/aromatic N) is 1. The van der Waals surface area contributed by atoms with Gasteiger partial charge in [-0.1, -0.05) is 0 Å². The fraction of sp³-hybridized carbons (Fsp3) is 0.389. The van der Waals surface area contributed by atoms with Gasteiger partial charge in [-0.15, -0.1) is 0 Å². The zero-order valence-corrected chi connectivity index (χ0v) is 13.7. The molecule has 1 aliphatic heterocycles. The number of piperidine rings is 1. The summed E-state index contributed by atoms with van der Waals surface area (Å²) in [4.78, 5) is 16.4. The number of benzene rings is 1. The number of halogens is 1. The van der Waals surface area contributed by atoms with E-state index in [0.717, 1.165) is 48.0 Å². The molecule has 1 saturated heterocycles. The van der Waals surface area contributed by atoms with Crippen molar-refractivity contribution in [1.29, 1.82) is 0 Å². The maximum atomic E-state index is 14.1. The highest BCUT2D eigenvalue weighted by Gasteiger charge is 2.18. The second-order valence-electron chi connectivity index (χ2n) is 6.27. The molecule has 1 fully saturated rings. The number of carbonyl (C=O) groups excluding carboxylic acids is 1. The van der Waals surface area contributed by atoms with Crippen LogP contribution in [-0.2, 0) is 11.3 Å². The first-order valence-corrected chi connectivity index (χ1v) is 8.16. The molecule has 0 bridgehead atoms. The number of aromatic nitrogens is 1. The molecule has 0 spiro atoms. The smallest absolute Gasteiger partial charge is 0.220 e. The predicted octanol–water partition coefficient (Wildman–Crippen LogP) is 2.37. The number of aromatic amines is 1. The summed E-state index contributed by atoms with van der Waals surface area (Å²) in [7, 11) is 0. The van der Waals surface area contributed by atoms with Gasteiger partial charge in [0, 0.05) is 49.9 Å². The van der Waals surface area contributed by atoms with E-state index in [1.807, 2.05) is 6.20 Å². The van der Waals surface area contributed by atoms with Gasteiger partial charge in [0.15, 0.2) is 0 Å². The van der Waals surface area contributed by atoms with E-state index in [2.05, 4.69) is 15.2 Å². The van der Waals surface area contributed by atoms with Gasteiger partial charge in [-0.2, -0.15) is 0 Å². The summed E-state index contributed by atoms with van der Waals surface area (Å²) in [6.07, 6.45) is 6.42. The molecule has 1 aliphatic rings. The molecule has 3 N–H and O–H groups in total. The van der Waals surface area contributed by atoms with Crippen molar-refractivity contribution in [3.63, 3.8) is 0 Å². The lowest BCUT2D eigenvalue weighted by Gasteiger charge is -2.29. The number of hydrogen-bond donors (Lipinski definition) is 3. The highest BCUT2D eigenvalue weighted by Crippen LogP contribution is 2.26. The SMILES string of the molecule is CC(=O)N/C=C/c1c[nH]c2c(CN3CCC(O)CC3)cc(F)cc12. The second kappa shape index (κ2) is 7.15. The Kier molecular flexibility index (Phi) is 4.97. The van der Waals surface area contributed by atoms with Crippen molar-refractivity contribution in [1.82, 2.24) is 15.2 Å². The van der Waals surface area contributed by atoms with Gasteiger partial charge in [0.1, 0.15) is 5.82 Å². The Hall–Kier alpha value is -2.18. The van der Waals surface area contributed by atoms with Crippen LogP contribution in [0.2, 0.25) is 0 Å². The van der Waals surface area contributed by atoms with E-state index in [-0.39, 0.29) is 17.8 Å². The average molecular weight is 331 g/mol.